The maximum atomic E-state index is 5.95. The number of nitrogens with zero attached hydrogens (tertiary/aromatic N) is 1. The minimum Gasteiger partial charge on any atom is -0.253 e. The molecular weight excluding hydrogens is 301 g/mol. The maximum Gasteiger partial charge on any atom is 0.0711 e. The minimum atomic E-state index is 0.726. The summed E-state index contributed by atoms with van der Waals surface area (Å²) in [4.78, 5) is 4.61. The highest BCUT2D eigenvalue weighted by Crippen LogP contribution is 2.27. The molecule has 2 aromatic carbocycles. The summed E-state index contributed by atoms with van der Waals surface area (Å²) < 4.78 is 0. The number of hydrogen-bond donors (Lipinski definition) is 0. The van der Waals surface area contributed by atoms with Gasteiger partial charge in [0.25, 0.3) is 0 Å². The Morgan fingerprint density at radius 3 is 1.76 bits per heavy atom. The molecule has 0 aliphatic rings. The van der Waals surface area contributed by atoms with Gasteiger partial charge in [-0.25, -0.2) is 0 Å². The molecule has 0 aliphatic heterocycles. The summed E-state index contributed by atoms with van der Waals surface area (Å²) in [6.45, 7) is 2.00. The van der Waals surface area contributed by atoms with Crippen molar-refractivity contribution < 1.29 is 0 Å². The van der Waals surface area contributed by atoms with E-state index in [1.807, 2.05) is 55.5 Å². The van der Waals surface area contributed by atoms with E-state index in [0.29, 0.717) is 0 Å². The molecule has 0 atom stereocenters. The van der Waals surface area contributed by atoms with Crippen LogP contribution in [-0.4, -0.2) is 4.98 Å². The number of aromatic nitrogens is 1. The molecule has 21 heavy (non-hydrogen) atoms. The fourth-order valence-electron chi connectivity index (χ4n) is 2.25. The molecule has 0 saturated carbocycles. The fraction of sp³-hybridized carbons (Fsp3) is 0.0556. The number of pyridine rings is 1. The van der Waals surface area contributed by atoms with Crippen LogP contribution in [0.3, 0.4) is 0 Å². The molecule has 0 bridgehead atoms. The van der Waals surface area contributed by atoms with Crippen LogP contribution in [0.15, 0.2) is 60.7 Å². The predicted molar refractivity (Wildman–Crippen MR) is 89.9 cm³/mol. The third-order valence-corrected chi connectivity index (χ3v) is 3.77. The summed E-state index contributed by atoms with van der Waals surface area (Å²) >= 11 is 11.9. The first-order valence-corrected chi connectivity index (χ1v) is 7.38. The van der Waals surface area contributed by atoms with Gasteiger partial charge in [0.1, 0.15) is 0 Å². The van der Waals surface area contributed by atoms with Crippen LogP contribution in [-0.2, 0) is 0 Å². The van der Waals surface area contributed by atoms with Gasteiger partial charge in [0, 0.05) is 21.3 Å². The standard InChI is InChI=1S/C18H13Cl2N/c1-12-10-15(13-2-6-16(19)7-3-13)11-18(21-12)14-4-8-17(20)9-5-14/h2-11H,1H3. The fourth-order valence-corrected chi connectivity index (χ4v) is 2.50. The number of hydrogen-bond acceptors (Lipinski definition) is 1. The van der Waals surface area contributed by atoms with Crippen molar-refractivity contribution in [2.24, 2.45) is 0 Å². The number of benzene rings is 2. The minimum absolute atomic E-state index is 0.726. The van der Waals surface area contributed by atoms with Gasteiger partial charge in [-0.1, -0.05) is 47.5 Å². The first-order valence-electron chi connectivity index (χ1n) is 6.62. The zero-order chi connectivity index (χ0) is 14.8. The molecule has 0 N–H and O–H groups in total. The van der Waals surface area contributed by atoms with E-state index in [-0.39, 0.29) is 0 Å². The highest BCUT2D eigenvalue weighted by atomic mass is 35.5. The molecule has 1 nitrogen and oxygen atoms in total. The monoisotopic (exact) mass is 313 g/mol. The Kier molecular flexibility index (Phi) is 3.96. The van der Waals surface area contributed by atoms with Crippen LogP contribution < -0.4 is 0 Å². The van der Waals surface area contributed by atoms with Crippen LogP contribution in [0.2, 0.25) is 10.0 Å². The molecule has 3 aromatic rings. The summed E-state index contributed by atoms with van der Waals surface area (Å²) in [5.41, 5.74) is 5.23. The van der Waals surface area contributed by atoms with Gasteiger partial charge in [0.15, 0.2) is 0 Å². The quantitative estimate of drug-likeness (QED) is 0.562. The predicted octanol–water partition coefficient (Wildman–Crippen LogP) is 6.03. The number of halogens is 2. The maximum absolute atomic E-state index is 5.95. The molecule has 0 amide bonds. The molecular formula is C18H13Cl2N. The van der Waals surface area contributed by atoms with Crippen molar-refractivity contribution in [3.05, 3.63) is 76.4 Å². The van der Waals surface area contributed by atoms with Gasteiger partial charge in [0.2, 0.25) is 0 Å². The average molecular weight is 314 g/mol. The molecule has 0 spiro atoms. The molecule has 0 saturated heterocycles. The largest absolute Gasteiger partial charge is 0.253 e. The average Bonchev–Trinajstić information content (AvgIpc) is 2.48. The van der Waals surface area contributed by atoms with Gasteiger partial charge in [-0.15, -0.1) is 0 Å². The highest BCUT2D eigenvalue weighted by molar-refractivity contribution is 6.30. The molecule has 0 unspecified atom stereocenters. The topological polar surface area (TPSA) is 12.9 Å². The zero-order valence-electron chi connectivity index (χ0n) is 11.5. The molecule has 1 heterocycles. The van der Waals surface area contributed by atoms with Crippen LogP contribution in [0.4, 0.5) is 0 Å². The first-order chi connectivity index (χ1) is 10.1. The molecule has 104 valence electrons. The van der Waals surface area contributed by atoms with E-state index >= 15 is 0 Å². The Morgan fingerprint density at radius 1 is 0.667 bits per heavy atom. The Morgan fingerprint density at radius 2 is 1.19 bits per heavy atom. The summed E-state index contributed by atoms with van der Waals surface area (Å²) in [5, 5.41) is 1.46. The van der Waals surface area contributed by atoms with Crippen molar-refractivity contribution >= 4 is 23.2 Å². The molecule has 0 fully saturated rings. The lowest BCUT2D eigenvalue weighted by molar-refractivity contribution is 1.21. The second kappa shape index (κ2) is 5.88. The van der Waals surface area contributed by atoms with Crippen LogP contribution in [0, 0.1) is 6.92 Å². The van der Waals surface area contributed by atoms with Crippen molar-refractivity contribution in [3.63, 3.8) is 0 Å². The number of rotatable bonds is 2. The third-order valence-electron chi connectivity index (χ3n) is 3.27. The van der Waals surface area contributed by atoms with Crippen molar-refractivity contribution in [2.45, 2.75) is 6.92 Å². The van der Waals surface area contributed by atoms with Gasteiger partial charge in [-0.3, -0.25) is 4.98 Å². The summed E-state index contributed by atoms with van der Waals surface area (Å²) in [5.74, 6) is 0. The van der Waals surface area contributed by atoms with Crippen LogP contribution in [0.25, 0.3) is 22.4 Å². The second-order valence-corrected chi connectivity index (χ2v) is 5.77. The van der Waals surface area contributed by atoms with Crippen LogP contribution in [0.5, 0.6) is 0 Å². The second-order valence-electron chi connectivity index (χ2n) is 4.90. The van der Waals surface area contributed by atoms with Gasteiger partial charge in [0.05, 0.1) is 5.69 Å². The summed E-state index contributed by atoms with van der Waals surface area (Å²) in [6.07, 6.45) is 0. The summed E-state index contributed by atoms with van der Waals surface area (Å²) in [6, 6.07) is 19.7. The Hall–Kier alpha value is -1.83. The molecule has 1 aromatic heterocycles. The zero-order valence-corrected chi connectivity index (χ0v) is 13.0. The van der Waals surface area contributed by atoms with E-state index in [1.54, 1.807) is 0 Å². The van der Waals surface area contributed by atoms with Crippen molar-refractivity contribution in [2.75, 3.05) is 0 Å². The third kappa shape index (κ3) is 3.26. The van der Waals surface area contributed by atoms with E-state index in [9.17, 15) is 0 Å². The van der Waals surface area contributed by atoms with Crippen molar-refractivity contribution in [1.29, 1.82) is 0 Å². The first kappa shape index (κ1) is 14.1. The summed E-state index contributed by atoms with van der Waals surface area (Å²) in [7, 11) is 0. The van der Waals surface area contributed by atoms with Crippen LogP contribution >= 0.6 is 23.2 Å². The lowest BCUT2D eigenvalue weighted by atomic mass is 10.0. The lowest BCUT2D eigenvalue weighted by Gasteiger charge is -2.08. The van der Waals surface area contributed by atoms with E-state index in [0.717, 1.165) is 38.1 Å². The van der Waals surface area contributed by atoms with Gasteiger partial charge >= 0.3 is 0 Å². The van der Waals surface area contributed by atoms with Gasteiger partial charge < -0.3 is 0 Å². The van der Waals surface area contributed by atoms with Crippen LogP contribution in [0.1, 0.15) is 5.69 Å². The van der Waals surface area contributed by atoms with Gasteiger partial charge in [-0.05, 0) is 54.4 Å². The van der Waals surface area contributed by atoms with E-state index in [1.165, 1.54) is 0 Å². The van der Waals surface area contributed by atoms with E-state index < -0.39 is 0 Å². The molecule has 0 radical (unpaired) electrons. The SMILES string of the molecule is Cc1cc(-c2ccc(Cl)cc2)cc(-c2ccc(Cl)cc2)n1. The highest BCUT2D eigenvalue weighted by Gasteiger charge is 2.05. The molecule has 3 heteroatoms. The van der Waals surface area contributed by atoms with Gasteiger partial charge in [-0.2, -0.15) is 0 Å². The number of aryl methyl sites for hydroxylation is 1. The molecule has 0 aliphatic carbocycles. The van der Waals surface area contributed by atoms with Crippen molar-refractivity contribution in [1.82, 2.24) is 4.98 Å². The lowest BCUT2D eigenvalue weighted by Crippen LogP contribution is -1.89. The Bertz CT molecular complexity index is 698. The van der Waals surface area contributed by atoms with E-state index in [2.05, 4.69) is 17.1 Å². The van der Waals surface area contributed by atoms with E-state index in [4.69, 9.17) is 23.2 Å². The normalized spacial score (nSPS) is 10.6. The van der Waals surface area contributed by atoms with Crippen molar-refractivity contribution in [3.8, 4) is 22.4 Å². The smallest absolute Gasteiger partial charge is 0.0711 e. The Balaban J connectivity index is 2.07. The Labute approximate surface area is 134 Å². The molecule has 3 rings (SSSR count).